The zero-order valence-electron chi connectivity index (χ0n) is 19.0. The molecule has 2 heterocycles. The maximum absolute atomic E-state index is 13.0. The van der Waals surface area contributed by atoms with E-state index in [0.717, 1.165) is 22.6 Å². The molecule has 1 unspecified atom stereocenters. The van der Waals surface area contributed by atoms with Crippen LogP contribution in [0.2, 0.25) is 0 Å². The molecule has 0 aromatic heterocycles. The van der Waals surface area contributed by atoms with Gasteiger partial charge in [0.05, 0.1) is 19.8 Å². The van der Waals surface area contributed by atoms with E-state index in [2.05, 4.69) is 15.0 Å². The summed E-state index contributed by atoms with van der Waals surface area (Å²) < 4.78 is 42.0. The number of carbonyl (C=O) groups excluding carboxylic acids is 3. The van der Waals surface area contributed by atoms with E-state index >= 15 is 0 Å². The predicted octanol–water partition coefficient (Wildman–Crippen LogP) is 3.89. The van der Waals surface area contributed by atoms with Gasteiger partial charge in [-0.3, -0.25) is 9.59 Å². The minimum absolute atomic E-state index is 0.0516. The number of ether oxygens (including phenoxy) is 1. The fourth-order valence-corrected chi connectivity index (χ4v) is 4.60. The number of imide groups is 1. The van der Waals surface area contributed by atoms with Crippen molar-refractivity contribution < 1.29 is 36.9 Å². The van der Waals surface area contributed by atoms with Crippen molar-refractivity contribution in [2.45, 2.75) is 26.6 Å². The highest BCUT2D eigenvalue weighted by molar-refractivity contribution is 8.03. The van der Waals surface area contributed by atoms with E-state index in [1.54, 1.807) is 13.3 Å². The summed E-state index contributed by atoms with van der Waals surface area (Å²) in [5.74, 6) is -1.49. The SMILES string of the molecule is CC(C)CC1=C(SCC(=O)Nc2ccc(OC(F)(F)F)cc2)C2C(=O)N(C)C(=O)[N+](C)=C2N=C1. The molecule has 1 aromatic carbocycles. The number of urea groups is 1. The summed E-state index contributed by atoms with van der Waals surface area (Å²) in [7, 11) is 2.94. The van der Waals surface area contributed by atoms with Crippen LogP contribution in [0.4, 0.5) is 23.7 Å². The third-order valence-electron chi connectivity index (χ3n) is 5.04. The number of hydrogen-bond acceptors (Lipinski definition) is 6. The molecule has 0 radical (unpaired) electrons. The first-order valence-electron chi connectivity index (χ1n) is 10.3. The number of carbonyl (C=O) groups is 3. The van der Waals surface area contributed by atoms with Crippen LogP contribution in [0.5, 0.6) is 5.75 Å². The summed E-state index contributed by atoms with van der Waals surface area (Å²) in [6.45, 7) is 4.04. The molecule has 1 aromatic rings. The first kappa shape index (κ1) is 25.5. The number of halogens is 3. The second-order valence-electron chi connectivity index (χ2n) is 8.18. The summed E-state index contributed by atoms with van der Waals surface area (Å²) >= 11 is 1.18. The third-order valence-corrected chi connectivity index (χ3v) is 6.26. The molecule has 0 saturated heterocycles. The summed E-state index contributed by atoms with van der Waals surface area (Å²) in [5.41, 5.74) is 1.12. The zero-order chi connectivity index (χ0) is 25.2. The maximum Gasteiger partial charge on any atom is 0.573 e. The molecule has 0 spiro atoms. The van der Waals surface area contributed by atoms with Gasteiger partial charge in [-0.05, 0) is 42.2 Å². The number of amidine groups is 1. The Bertz CT molecular complexity index is 1090. The highest BCUT2D eigenvalue weighted by Crippen LogP contribution is 2.36. The largest absolute Gasteiger partial charge is 0.573 e. The summed E-state index contributed by atoms with van der Waals surface area (Å²) in [5, 5.41) is 2.62. The number of rotatable bonds is 7. The van der Waals surface area contributed by atoms with Gasteiger partial charge in [0, 0.05) is 10.6 Å². The van der Waals surface area contributed by atoms with Gasteiger partial charge >= 0.3 is 18.3 Å². The minimum atomic E-state index is -4.80. The fraction of sp³-hybridized carbons (Fsp3) is 0.409. The lowest BCUT2D eigenvalue weighted by Gasteiger charge is -2.28. The van der Waals surface area contributed by atoms with Crippen LogP contribution in [0.3, 0.4) is 0 Å². The highest BCUT2D eigenvalue weighted by Gasteiger charge is 2.48. The van der Waals surface area contributed by atoms with Gasteiger partial charge in [-0.1, -0.05) is 13.8 Å². The van der Waals surface area contributed by atoms with Crippen LogP contribution in [0.1, 0.15) is 20.3 Å². The molecule has 1 N–H and O–H groups in total. The van der Waals surface area contributed by atoms with Gasteiger partial charge < -0.3 is 10.1 Å². The lowest BCUT2D eigenvalue weighted by atomic mass is 9.94. The third kappa shape index (κ3) is 5.85. The second-order valence-corrected chi connectivity index (χ2v) is 9.20. The molecule has 34 heavy (non-hydrogen) atoms. The van der Waals surface area contributed by atoms with Gasteiger partial charge in [0.25, 0.3) is 5.84 Å². The molecule has 182 valence electrons. The number of nitrogens with one attached hydrogen (secondary N) is 1. The van der Waals surface area contributed by atoms with Crippen LogP contribution < -0.4 is 10.1 Å². The lowest BCUT2D eigenvalue weighted by Crippen LogP contribution is -2.52. The quantitative estimate of drug-likeness (QED) is 0.578. The Hall–Kier alpha value is -3.15. The smallest absolute Gasteiger partial charge is 0.406 e. The highest BCUT2D eigenvalue weighted by atomic mass is 32.2. The van der Waals surface area contributed by atoms with Crippen molar-refractivity contribution in [1.29, 1.82) is 0 Å². The molecular formula is C22H24F3N4O4S+. The van der Waals surface area contributed by atoms with Crippen molar-refractivity contribution in [3.05, 3.63) is 34.7 Å². The van der Waals surface area contributed by atoms with Crippen molar-refractivity contribution in [2.24, 2.45) is 16.8 Å². The molecule has 0 aliphatic carbocycles. The number of anilines is 1. The molecule has 3 rings (SSSR count). The van der Waals surface area contributed by atoms with Crippen molar-refractivity contribution in [3.63, 3.8) is 0 Å². The normalized spacial score (nSPS) is 18.6. The molecule has 1 atom stereocenters. The number of hydrogen-bond donors (Lipinski definition) is 1. The Kier molecular flexibility index (Phi) is 7.49. The van der Waals surface area contributed by atoms with Gasteiger partial charge in [0.2, 0.25) is 5.91 Å². The molecule has 2 aliphatic heterocycles. The van der Waals surface area contributed by atoms with Crippen molar-refractivity contribution >= 4 is 47.3 Å². The predicted molar refractivity (Wildman–Crippen MR) is 122 cm³/mol. The van der Waals surface area contributed by atoms with Crippen LogP contribution in [-0.4, -0.2) is 65.6 Å². The summed E-state index contributed by atoms with van der Waals surface area (Å²) in [4.78, 5) is 43.9. The number of nitrogens with zero attached hydrogens (tertiary/aromatic N) is 3. The summed E-state index contributed by atoms with van der Waals surface area (Å²) in [6.07, 6.45) is -2.54. The average Bonchev–Trinajstić information content (AvgIpc) is 2.75. The first-order chi connectivity index (χ1) is 15.9. The maximum atomic E-state index is 13.0. The Balaban J connectivity index is 1.76. The number of allylic oxidation sites excluding steroid dienone is 1. The molecule has 2 aliphatic rings. The molecule has 8 nitrogen and oxygen atoms in total. The molecule has 4 amide bonds. The van der Waals surface area contributed by atoms with Gasteiger partial charge in [-0.15, -0.1) is 29.9 Å². The molecule has 0 fully saturated rings. The van der Waals surface area contributed by atoms with Crippen molar-refractivity contribution in [1.82, 2.24) is 4.90 Å². The number of amides is 4. The van der Waals surface area contributed by atoms with E-state index in [9.17, 15) is 27.6 Å². The second kappa shape index (κ2) is 10.00. The number of dihydropyridines is 1. The lowest BCUT2D eigenvalue weighted by molar-refractivity contribution is -0.407. The average molecular weight is 498 g/mol. The first-order valence-corrected chi connectivity index (χ1v) is 11.3. The fourth-order valence-electron chi connectivity index (χ4n) is 3.55. The Labute approximate surface area is 198 Å². The Morgan fingerprint density at radius 2 is 1.91 bits per heavy atom. The molecule has 12 heteroatoms. The number of benzene rings is 1. The van der Waals surface area contributed by atoms with Crippen LogP contribution in [0.25, 0.3) is 0 Å². The standard InChI is InChI=1S/C22H23F3N4O4S/c1-12(2)9-13-10-26-19-17(20(31)29(4)21(32)28(19)3)18(13)34-11-16(30)27-14-5-7-15(8-6-14)33-22(23,24)25/h5-8,10,12,17H,9,11H2,1-4H3/p+1. The van der Waals surface area contributed by atoms with Crippen molar-refractivity contribution in [3.8, 4) is 5.75 Å². The zero-order valence-corrected chi connectivity index (χ0v) is 19.8. The van der Waals surface area contributed by atoms with Gasteiger partial charge in [-0.25, -0.2) is 4.79 Å². The van der Waals surface area contributed by atoms with E-state index < -0.39 is 35.9 Å². The van der Waals surface area contributed by atoms with Crippen LogP contribution >= 0.6 is 11.8 Å². The number of aliphatic imine (C=N–C) groups is 1. The molecule has 0 saturated carbocycles. The molecule has 0 bridgehead atoms. The minimum Gasteiger partial charge on any atom is -0.406 e. The Morgan fingerprint density at radius 3 is 2.50 bits per heavy atom. The van der Waals surface area contributed by atoms with Crippen LogP contribution in [-0.2, 0) is 9.59 Å². The topological polar surface area (TPSA) is 91.1 Å². The number of alkyl halides is 3. The molecular weight excluding hydrogens is 473 g/mol. The van der Waals surface area contributed by atoms with Gasteiger partial charge in [0.15, 0.2) is 5.92 Å². The number of fused-ring (bicyclic) bond motifs is 1. The van der Waals surface area contributed by atoms with Crippen molar-refractivity contribution in [2.75, 3.05) is 25.2 Å². The van der Waals surface area contributed by atoms with E-state index in [-0.39, 0.29) is 11.7 Å². The van der Waals surface area contributed by atoms with E-state index in [1.807, 2.05) is 13.8 Å². The van der Waals surface area contributed by atoms with E-state index in [0.29, 0.717) is 22.8 Å². The van der Waals surface area contributed by atoms with Gasteiger partial charge in [-0.2, -0.15) is 9.48 Å². The van der Waals surface area contributed by atoms with E-state index in [1.165, 1.54) is 35.5 Å². The van der Waals surface area contributed by atoms with Crippen LogP contribution in [0.15, 0.2) is 39.7 Å². The number of thioether (sulfide) groups is 1. The van der Waals surface area contributed by atoms with E-state index in [4.69, 9.17) is 0 Å². The Morgan fingerprint density at radius 1 is 1.26 bits per heavy atom. The monoisotopic (exact) mass is 497 g/mol. The summed E-state index contributed by atoms with van der Waals surface area (Å²) in [6, 6.07) is 4.31. The van der Waals surface area contributed by atoms with Gasteiger partial charge in [0.1, 0.15) is 12.0 Å². The van der Waals surface area contributed by atoms with Crippen LogP contribution in [0, 0.1) is 11.8 Å².